The number of carbonyl (C=O) groups is 1. The number of ether oxygens (including phenoxy) is 1. The molecule has 0 heterocycles. The van der Waals surface area contributed by atoms with Gasteiger partial charge in [-0.25, -0.2) is 4.79 Å². The van der Waals surface area contributed by atoms with Crippen molar-refractivity contribution in [2.75, 3.05) is 6.54 Å². The Bertz CT molecular complexity index is 410. The third kappa shape index (κ3) is 4.26. The Kier molecular flexibility index (Phi) is 5.45. The first kappa shape index (κ1) is 14.9. The zero-order valence-electron chi connectivity index (χ0n) is 12.4. The van der Waals surface area contributed by atoms with E-state index in [2.05, 4.69) is 24.4 Å². The highest BCUT2D eigenvalue weighted by Crippen LogP contribution is 2.34. The van der Waals surface area contributed by atoms with Gasteiger partial charge in [-0.1, -0.05) is 43.7 Å². The standard InChI is InChI=1S/C17H25NO2/c1-2-17(12-7-4-8-13-17)20-16(19)18-14-11-15-9-5-3-6-10-15/h3,5-6,9-10H,2,4,7-8,11-14H2,1H3,(H,18,19). The van der Waals surface area contributed by atoms with Gasteiger partial charge in [0.15, 0.2) is 0 Å². The number of hydrogen-bond acceptors (Lipinski definition) is 2. The third-order valence-corrected chi connectivity index (χ3v) is 4.24. The number of alkyl carbamates (subject to hydrolysis) is 1. The fraction of sp³-hybridized carbons (Fsp3) is 0.588. The summed E-state index contributed by atoms with van der Waals surface area (Å²) in [5, 5.41) is 2.88. The highest BCUT2D eigenvalue weighted by molar-refractivity contribution is 5.67. The van der Waals surface area contributed by atoms with E-state index in [0.29, 0.717) is 6.54 Å². The molecule has 1 amide bonds. The lowest BCUT2D eigenvalue weighted by atomic mass is 9.83. The van der Waals surface area contributed by atoms with Gasteiger partial charge in [-0.05, 0) is 44.1 Å². The van der Waals surface area contributed by atoms with Gasteiger partial charge in [-0.2, -0.15) is 0 Å². The van der Waals surface area contributed by atoms with Crippen LogP contribution in [0.15, 0.2) is 30.3 Å². The fourth-order valence-corrected chi connectivity index (χ4v) is 2.91. The molecule has 1 aliphatic rings. The van der Waals surface area contributed by atoms with Crippen LogP contribution >= 0.6 is 0 Å². The number of amides is 1. The molecule has 2 rings (SSSR count). The summed E-state index contributed by atoms with van der Waals surface area (Å²) in [5.41, 5.74) is 1.02. The second-order valence-corrected chi connectivity index (χ2v) is 5.65. The second-order valence-electron chi connectivity index (χ2n) is 5.65. The Morgan fingerprint density at radius 3 is 2.55 bits per heavy atom. The van der Waals surface area contributed by atoms with Crippen molar-refractivity contribution in [1.29, 1.82) is 0 Å². The molecule has 0 aromatic heterocycles. The van der Waals surface area contributed by atoms with Crippen LogP contribution in [0.4, 0.5) is 4.79 Å². The van der Waals surface area contributed by atoms with Crippen LogP contribution in [0.25, 0.3) is 0 Å². The normalized spacial score (nSPS) is 17.4. The van der Waals surface area contributed by atoms with E-state index < -0.39 is 0 Å². The molecule has 20 heavy (non-hydrogen) atoms. The van der Waals surface area contributed by atoms with Crippen molar-refractivity contribution < 1.29 is 9.53 Å². The van der Waals surface area contributed by atoms with Gasteiger partial charge in [0.1, 0.15) is 5.60 Å². The molecule has 110 valence electrons. The van der Waals surface area contributed by atoms with Gasteiger partial charge in [0.05, 0.1) is 0 Å². The summed E-state index contributed by atoms with van der Waals surface area (Å²) in [6, 6.07) is 10.2. The molecule has 0 saturated heterocycles. The van der Waals surface area contributed by atoms with E-state index in [1.165, 1.54) is 24.8 Å². The first-order chi connectivity index (χ1) is 9.74. The van der Waals surface area contributed by atoms with Gasteiger partial charge in [0.25, 0.3) is 0 Å². The van der Waals surface area contributed by atoms with E-state index >= 15 is 0 Å². The van der Waals surface area contributed by atoms with Crippen LogP contribution in [-0.2, 0) is 11.2 Å². The predicted octanol–water partition coefficient (Wildman–Crippen LogP) is 4.07. The number of carbonyl (C=O) groups excluding carboxylic acids is 1. The Labute approximate surface area is 121 Å². The van der Waals surface area contributed by atoms with Crippen LogP contribution in [0.1, 0.15) is 51.0 Å². The molecule has 1 aliphatic carbocycles. The quantitative estimate of drug-likeness (QED) is 0.879. The van der Waals surface area contributed by atoms with Crippen LogP contribution < -0.4 is 5.32 Å². The van der Waals surface area contributed by atoms with Crippen LogP contribution in [0.5, 0.6) is 0 Å². The van der Waals surface area contributed by atoms with E-state index in [1.807, 2.05) is 18.2 Å². The molecular weight excluding hydrogens is 250 g/mol. The van der Waals surface area contributed by atoms with E-state index in [-0.39, 0.29) is 11.7 Å². The maximum absolute atomic E-state index is 11.9. The molecule has 1 N–H and O–H groups in total. The molecule has 0 aliphatic heterocycles. The van der Waals surface area contributed by atoms with E-state index in [4.69, 9.17) is 4.74 Å². The second kappa shape index (κ2) is 7.32. The smallest absolute Gasteiger partial charge is 0.407 e. The molecule has 1 saturated carbocycles. The van der Waals surface area contributed by atoms with Crippen molar-refractivity contribution in [2.45, 2.75) is 57.5 Å². The highest BCUT2D eigenvalue weighted by Gasteiger charge is 2.33. The molecule has 0 unspecified atom stereocenters. The zero-order chi connectivity index (χ0) is 14.3. The molecule has 1 aromatic carbocycles. The van der Waals surface area contributed by atoms with Gasteiger partial charge in [0, 0.05) is 6.54 Å². The summed E-state index contributed by atoms with van der Waals surface area (Å²) in [7, 11) is 0. The largest absolute Gasteiger partial charge is 0.443 e. The van der Waals surface area contributed by atoms with Crippen LogP contribution in [0, 0.1) is 0 Å². The minimum absolute atomic E-state index is 0.213. The topological polar surface area (TPSA) is 38.3 Å². The van der Waals surface area contributed by atoms with Gasteiger partial charge < -0.3 is 10.1 Å². The Hall–Kier alpha value is -1.51. The molecule has 3 heteroatoms. The number of nitrogens with one attached hydrogen (secondary N) is 1. The Balaban J connectivity index is 1.74. The lowest BCUT2D eigenvalue weighted by Gasteiger charge is -2.35. The average Bonchev–Trinajstić information content (AvgIpc) is 2.49. The van der Waals surface area contributed by atoms with E-state index in [9.17, 15) is 4.79 Å². The summed E-state index contributed by atoms with van der Waals surface area (Å²) in [6.45, 7) is 2.74. The lowest BCUT2D eigenvalue weighted by Crippen LogP contribution is -2.40. The van der Waals surface area contributed by atoms with Gasteiger partial charge >= 0.3 is 6.09 Å². The zero-order valence-corrected chi connectivity index (χ0v) is 12.4. The van der Waals surface area contributed by atoms with E-state index in [1.54, 1.807) is 0 Å². The first-order valence-electron chi connectivity index (χ1n) is 7.75. The van der Waals surface area contributed by atoms with Crippen LogP contribution in [-0.4, -0.2) is 18.2 Å². The summed E-state index contributed by atoms with van der Waals surface area (Å²) in [4.78, 5) is 11.9. The molecule has 0 bridgehead atoms. The average molecular weight is 275 g/mol. The number of hydrogen-bond donors (Lipinski definition) is 1. The molecule has 1 aromatic rings. The van der Waals surface area contributed by atoms with Crippen molar-refractivity contribution in [1.82, 2.24) is 5.32 Å². The third-order valence-electron chi connectivity index (χ3n) is 4.24. The van der Waals surface area contributed by atoms with Crippen molar-refractivity contribution in [2.24, 2.45) is 0 Å². The van der Waals surface area contributed by atoms with Crippen molar-refractivity contribution >= 4 is 6.09 Å². The summed E-state index contributed by atoms with van der Waals surface area (Å²) >= 11 is 0. The Morgan fingerprint density at radius 2 is 1.90 bits per heavy atom. The van der Waals surface area contributed by atoms with Gasteiger partial charge in [0.2, 0.25) is 0 Å². The van der Waals surface area contributed by atoms with Crippen molar-refractivity contribution in [3.8, 4) is 0 Å². The van der Waals surface area contributed by atoms with Crippen LogP contribution in [0.2, 0.25) is 0 Å². The minimum Gasteiger partial charge on any atom is -0.443 e. The van der Waals surface area contributed by atoms with Crippen molar-refractivity contribution in [3.05, 3.63) is 35.9 Å². The van der Waals surface area contributed by atoms with Crippen molar-refractivity contribution in [3.63, 3.8) is 0 Å². The monoisotopic (exact) mass is 275 g/mol. The molecule has 1 fully saturated rings. The number of rotatable bonds is 5. The van der Waals surface area contributed by atoms with E-state index in [0.717, 1.165) is 25.7 Å². The molecule has 0 radical (unpaired) electrons. The first-order valence-corrected chi connectivity index (χ1v) is 7.75. The van der Waals surface area contributed by atoms with Crippen LogP contribution in [0.3, 0.4) is 0 Å². The summed E-state index contributed by atoms with van der Waals surface area (Å²) in [5.74, 6) is 0. The van der Waals surface area contributed by atoms with Gasteiger partial charge in [-0.3, -0.25) is 0 Å². The van der Waals surface area contributed by atoms with Gasteiger partial charge in [-0.15, -0.1) is 0 Å². The molecular formula is C17H25NO2. The lowest BCUT2D eigenvalue weighted by molar-refractivity contribution is -0.0193. The molecule has 3 nitrogen and oxygen atoms in total. The fourth-order valence-electron chi connectivity index (χ4n) is 2.91. The molecule has 0 spiro atoms. The minimum atomic E-state index is -0.260. The Morgan fingerprint density at radius 1 is 1.20 bits per heavy atom. The number of benzene rings is 1. The highest BCUT2D eigenvalue weighted by atomic mass is 16.6. The maximum atomic E-state index is 11.9. The summed E-state index contributed by atoms with van der Waals surface area (Å²) in [6.07, 6.45) is 7.13. The summed E-state index contributed by atoms with van der Waals surface area (Å²) < 4.78 is 5.72. The predicted molar refractivity (Wildman–Crippen MR) is 80.7 cm³/mol. The SMILES string of the molecule is CCC1(OC(=O)NCCc2ccccc2)CCCCC1. The molecule has 0 atom stereocenters. The maximum Gasteiger partial charge on any atom is 0.407 e.